The molecule has 22 heavy (non-hydrogen) atoms. The fraction of sp³-hybridized carbons (Fsp3) is 0.250. The van der Waals surface area contributed by atoms with Crippen molar-refractivity contribution in [1.82, 2.24) is 10.2 Å². The van der Waals surface area contributed by atoms with Crippen LogP contribution in [-0.2, 0) is 19.3 Å². The summed E-state index contributed by atoms with van der Waals surface area (Å²) in [5, 5.41) is 7.04. The molecule has 0 atom stereocenters. The van der Waals surface area contributed by atoms with Crippen molar-refractivity contribution >= 4 is 0 Å². The molecule has 0 radical (unpaired) electrons. The molecule has 0 spiro atoms. The predicted molar refractivity (Wildman–Crippen MR) is 89.9 cm³/mol. The number of hydrogen-bond donors (Lipinski definition) is 1. The number of rotatable bonds is 0. The first-order valence-corrected chi connectivity index (χ1v) is 8.09. The Morgan fingerprint density at radius 2 is 1.36 bits per heavy atom. The summed E-state index contributed by atoms with van der Waals surface area (Å²) in [4.78, 5) is 0. The van der Waals surface area contributed by atoms with Crippen molar-refractivity contribution in [2.45, 2.75) is 32.1 Å². The Hall–Kier alpha value is -2.35. The van der Waals surface area contributed by atoms with Gasteiger partial charge in [0.25, 0.3) is 0 Å². The lowest BCUT2D eigenvalue weighted by atomic mass is 9.92. The van der Waals surface area contributed by atoms with E-state index >= 15 is 0 Å². The van der Waals surface area contributed by atoms with Gasteiger partial charge in [0.15, 0.2) is 0 Å². The minimum atomic E-state index is 1.03. The number of nitrogens with one attached hydrogen (secondary N) is 1. The maximum atomic E-state index is 4.02. The molecule has 2 aromatic carbocycles. The first-order valence-electron chi connectivity index (χ1n) is 8.09. The maximum Gasteiger partial charge on any atom is 0.0688 e. The van der Waals surface area contributed by atoms with E-state index in [0.717, 1.165) is 6.42 Å². The highest BCUT2D eigenvalue weighted by Crippen LogP contribution is 2.33. The molecule has 3 aromatic rings. The number of aromatic nitrogens is 2. The highest BCUT2D eigenvalue weighted by atomic mass is 15.1. The van der Waals surface area contributed by atoms with Crippen LogP contribution >= 0.6 is 0 Å². The standard InChI is InChI=1S/C10H8N2.C10H12/c1-2-4-9-7(3-1)5-8-6-11-12-10(8)9;1-2-6-10-8-4-3-7-9(10)5-1/h1-4,6H,5H2,(H,11,12);1-2,5-6H,3-4,7-8H2. The molecule has 2 aliphatic carbocycles. The molecule has 5 rings (SSSR count). The zero-order valence-electron chi connectivity index (χ0n) is 12.7. The maximum absolute atomic E-state index is 4.02. The second kappa shape index (κ2) is 5.80. The number of aromatic amines is 1. The molecule has 2 heteroatoms. The van der Waals surface area contributed by atoms with Crippen LogP contribution in [0, 0.1) is 0 Å². The Morgan fingerprint density at radius 3 is 2.09 bits per heavy atom. The van der Waals surface area contributed by atoms with E-state index in [2.05, 4.69) is 58.7 Å². The number of benzene rings is 2. The second-order valence-corrected chi connectivity index (χ2v) is 6.08. The fourth-order valence-electron chi connectivity index (χ4n) is 3.48. The zero-order valence-corrected chi connectivity index (χ0v) is 12.7. The molecule has 0 bridgehead atoms. The zero-order chi connectivity index (χ0) is 14.8. The van der Waals surface area contributed by atoms with Crippen molar-refractivity contribution in [2.75, 3.05) is 0 Å². The SMILES string of the molecule is c1ccc2c(c1)CCCC2.c1ccc2c(c1)Cc1cn[nH]c1-2. The number of aryl methyl sites for hydroxylation is 2. The van der Waals surface area contributed by atoms with Crippen LogP contribution in [0.1, 0.15) is 35.1 Å². The summed E-state index contributed by atoms with van der Waals surface area (Å²) in [7, 11) is 0. The molecule has 0 fully saturated rings. The van der Waals surface area contributed by atoms with Crippen LogP contribution in [0.4, 0.5) is 0 Å². The Balaban J connectivity index is 0.000000116. The Bertz CT molecular complexity index is 761. The van der Waals surface area contributed by atoms with Gasteiger partial charge in [-0.1, -0.05) is 48.5 Å². The smallest absolute Gasteiger partial charge is 0.0688 e. The summed E-state index contributed by atoms with van der Waals surface area (Å²) >= 11 is 0. The van der Waals surface area contributed by atoms with E-state index in [-0.39, 0.29) is 0 Å². The molecule has 0 amide bonds. The Kier molecular flexibility index (Phi) is 3.51. The summed E-state index contributed by atoms with van der Waals surface area (Å²) < 4.78 is 0. The quantitative estimate of drug-likeness (QED) is 0.505. The van der Waals surface area contributed by atoms with Crippen LogP contribution in [-0.4, -0.2) is 10.2 Å². The van der Waals surface area contributed by atoms with Gasteiger partial charge >= 0.3 is 0 Å². The lowest BCUT2D eigenvalue weighted by Gasteiger charge is -2.13. The van der Waals surface area contributed by atoms with E-state index in [4.69, 9.17) is 0 Å². The second-order valence-electron chi connectivity index (χ2n) is 6.08. The Morgan fingerprint density at radius 1 is 0.727 bits per heavy atom. The Labute approximate surface area is 131 Å². The van der Waals surface area contributed by atoms with Gasteiger partial charge in [0.05, 0.1) is 11.9 Å². The van der Waals surface area contributed by atoms with Gasteiger partial charge in [0, 0.05) is 17.5 Å². The van der Waals surface area contributed by atoms with Gasteiger partial charge in [-0.2, -0.15) is 5.10 Å². The first kappa shape index (κ1) is 13.3. The van der Waals surface area contributed by atoms with Crippen molar-refractivity contribution in [1.29, 1.82) is 0 Å². The van der Waals surface area contributed by atoms with Crippen LogP contribution in [0.5, 0.6) is 0 Å². The molecule has 0 aliphatic heterocycles. The number of H-pyrrole nitrogens is 1. The molecule has 1 heterocycles. The first-order chi connectivity index (χ1) is 10.9. The van der Waals surface area contributed by atoms with E-state index in [0.29, 0.717) is 0 Å². The van der Waals surface area contributed by atoms with Gasteiger partial charge < -0.3 is 0 Å². The minimum Gasteiger partial charge on any atom is -0.278 e. The molecule has 110 valence electrons. The predicted octanol–water partition coefficient (Wildman–Crippen LogP) is 4.55. The molecule has 0 unspecified atom stereocenters. The molecule has 2 nitrogen and oxygen atoms in total. The van der Waals surface area contributed by atoms with Gasteiger partial charge in [-0.05, 0) is 42.4 Å². The van der Waals surface area contributed by atoms with Gasteiger partial charge in [-0.25, -0.2) is 0 Å². The lowest BCUT2D eigenvalue weighted by molar-refractivity contribution is 0.685. The topological polar surface area (TPSA) is 28.7 Å². The van der Waals surface area contributed by atoms with Gasteiger partial charge in [0.1, 0.15) is 0 Å². The van der Waals surface area contributed by atoms with Crippen LogP contribution < -0.4 is 0 Å². The highest BCUT2D eigenvalue weighted by Gasteiger charge is 2.18. The molecular formula is C20H20N2. The monoisotopic (exact) mass is 288 g/mol. The molecule has 0 saturated heterocycles. The van der Waals surface area contributed by atoms with Crippen molar-refractivity contribution < 1.29 is 0 Å². The molecular weight excluding hydrogens is 268 g/mol. The average Bonchev–Trinajstić information content (AvgIpc) is 3.16. The molecule has 1 N–H and O–H groups in total. The van der Waals surface area contributed by atoms with Crippen molar-refractivity contribution in [3.8, 4) is 11.3 Å². The average molecular weight is 288 g/mol. The highest BCUT2D eigenvalue weighted by molar-refractivity contribution is 5.72. The van der Waals surface area contributed by atoms with Crippen molar-refractivity contribution in [3.63, 3.8) is 0 Å². The van der Waals surface area contributed by atoms with E-state index < -0.39 is 0 Å². The summed E-state index contributed by atoms with van der Waals surface area (Å²) in [6, 6.07) is 17.3. The number of nitrogens with zero attached hydrogens (tertiary/aromatic N) is 1. The van der Waals surface area contributed by atoms with Crippen LogP contribution in [0.15, 0.2) is 54.7 Å². The minimum absolute atomic E-state index is 1.03. The van der Waals surface area contributed by atoms with Crippen LogP contribution in [0.2, 0.25) is 0 Å². The summed E-state index contributed by atoms with van der Waals surface area (Å²) in [6.07, 6.45) is 8.32. The third kappa shape index (κ3) is 2.45. The molecule has 0 saturated carbocycles. The summed E-state index contributed by atoms with van der Waals surface area (Å²) in [5.74, 6) is 0. The van der Waals surface area contributed by atoms with Crippen molar-refractivity contribution in [2.24, 2.45) is 0 Å². The van der Waals surface area contributed by atoms with Crippen LogP contribution in [0.3, 0.4) is 0 Å². The normalized spacial score (nSPS) is 14.4. The van der Waals surface area contributed by atoms with E-state index in [9.17, 15) is 0 Å². The summed E-state index contributed by atoms with van der Waals surface area (Å²) in [5.41, 5.74) is 8.38. The van der Waals surface area contributed by atoms with E-state index in [1.54, 1.807) is 11.1 Å². The number of hydrogen-bond acceptors (Lipinski definition) is 1. The van der Waals surface area contributed by atoms with Crippen molar-refractivity contribution in [3.05, 3.63) is 77.0 Å². The third-order valence-corrected chi connectivity index (χ3v) is 4.65. The lowest BCUT2D eigenvalue weighted by Crippen LogP contribution is -2.00. The van der Waals surface area contributed by atoms with E-state index in [1.165, 1.54) is 48.1 Å². The van der Waals surface area contributed by atoms with E-state index in [1.807, 2.05) is 6.20 Å². The van der Waals surface area contributed by atoms with Gasteiger partial charge in [-0.3, -0.25) is 5.10 Å². The van der Waals surface area contributed by atoms with Gasteiger partial charge in [-0.15, -0.1) is 0 Å². The van der Waals surface area contributed by atoms with Gasteiger partial charge in [0.2, 0.25) is 0 Å². The third-order valence-electron chi connectivity index (χ3n) is 4.65. The molecule has 2 aliphatic rings. The fourth-order valence-corrected chi connectivity index (χ4v) is 3.48. The summed E-state index contributed by atoms with van der Waals surface area (Å²) in [6.45, 7) is 0. The largest absolute Gasteiger partial charge is 0.278 e. The van der Waals surface area contributed by atoms with Crippen LogP contribution in [0.25, 0.3) is 11.3 Å². The number of fused-ring (bicyclic) bond motifs is 4. The molecule has 1 aromatic heterocycles.